The molecular weight excluding hydrogens is 288 g/mol. The molecule has 0 spiro atoms. The van der Waals surface area contributed by atoms with Crippen molar-refractivity contribution in [1.82, 2.24) is 5.32 Å². The first kappa shape index (κ1) is 18.0. The predicted molar refractivity (Wildman–Crippen MR) is 86.1 cm³/mol. The number of nitrogens with one attached hydrogen (secondary N) is 1. The highest BCUT2D eigenvalue weighted by atomic mass is 35.5. The Bertz CT molecular complexity index is 448. The Morgan fingerprint density at radius 3 is 2.57 bits per heavy atom. The van der Waals surface area contributed by atoms with E-state index in [4.69, 9.17) is 5.73 Å². The van der Waals surface area contributed by atoms with Gasteiger partial charge in [-0.05, 0) is 36.8 Å². The molecule has 5 heteroatoms. The zero-order chi connectivity index (χ0) is 14.5. The topological polar surface area (TPSA) is 75.3 Å². The second kappa shape index (κ2) is 8.37. The summed E-state index contributed by atoms with van der Waals surface area (Å²) >= 11 is 0. The summed E-state index contributed by atoms with van der Waals surface area (Å²) in [7, 11) is 0. The fourth-order valence-electron chi connectivity index (χ4n) is 2.74. The molecule has 118 valence electrons. The molecule has 1 fully saturated rings. The molecule has 1 aliphatic carbocycles. The van der Waals surface area contributed by atoms with E-state index in [1.807, 2.05) is 24.3 Å². The molecule has 1 saturated carbocycles. The quantitative estimate of drug-likeness (QED) is 0.781. The number of hydrogen-bond donors (Lipinski definition) is 3. The highest BCUT2D eigenvalue weighted by molar-refractivity contribution is 5.85. The van der Waals surface area contributed by atoms with Gasteiger partial charge in [0.1, 0.15) is 0 Å². The van der Waals surface area contributed by atoms with Crippen LogP contribution in [0, 0.1) is 5.92 Å². The molecule has 2 rings (SSSR count). The average molecular weight is 313 g/mol. The number of carbonyl (C=O) groups is 1. The largest absolute Gasteiger partial charge is 0.389 e. The summed E-state index contributed by atoms with van der Waals surface area (Å²) in [5, 5.41) is 12.4. The maximum absolute atomic E-state index is 11.9. The molecule has 1 aromatic carbocycles. The summed E-state index contributed by atoms with van der Waals surface area (Å²) in [5.74, 6) is 0.416. The van der Waals surface area contributed by atoms with E-state index in [0.717, 1.165) is 30.4 Å². The third-order valence-electron chi connectivity index (χ3n) is 4.12. The van der Waals surface area contributed by atoms with Gasteiger partial charge in [0.05, 0.1) is 6.10 Å². The number of amides is 1. The average Bonchev–Trinajstić information content (AvgIpc) is 2.82. The minimum Gasteiger partial charge on any atom is -0.389 e. The normalized spacial score (nSPS) is 22.4. The van der Waals surface area contributed by atoms with E-state index in [9.17, 15) is 9.90 Å². The molecule has 1 aromatic rings. The van der Waals surface area contributed by atoms with Crippen LogP contribution in [0.15, 0.2) is 24.3 Å². The number of nitrogens with two attached hydrogens (primary N) is 1. The first-order valence-corrected chi connectivity index (χ1v) is 7.35. The van der Waals surface area contributed by atoms with Crippen molar-refractivity contribution in [3.8, 4) is 0 Å². The van der Waals surface area contributed by atoms with Crippen LogP contribution in [0.25, 0.3) is 0 Å². The van der Waals surface area contributed by atoms with Crippen molar-refractivity contribution in [2.24, 2.45) is 11.7 Å². The van der Waals surface area contributed by atoms with Gasteiger partial charge < -0.3 is 16.2 Å². The summed E-state index contributed by atoms with van der Waals surface area (Å²) in [6.45, 7) is 2.27. The van der Waals surface area contributed by atoms with Crippen LogP contribution in [0.2, 0.25) is 0 Å². The summed E-state index contributed by atoms with van der Waals surface area (Å²) in [5.41, 5.74) is 7.90. The minimum atomic E-state index is -0.456. The maximum atomic E-state index is 11.9. The van der Waals surface area contributed by atoms with Gasteiger partial charge in [0, 0.05) is 19.0 Å². The summed E-state index contributed by atoms with van der Waals surface area (Å²) in [6, 6.07) is 7.83. The highest BCUT2D eigenvalue weighted by Crippen LogP contribution is 2.26. The van der Waals surface area contributed by atoms with E-state index in [2.05, 4.69) is 5.32 Å². The van der Waals surface area contributed by atoms with Gasteiger partial charge in [-0.25, -0.2) is 0 Å². The van der Waals surface area contributed by atoms with Crippen molar-refractivity contribution in [1.29, 1.82) is 0 Å². The standard InChI is InChI=1S/C16H24N2O2.ClH/c1-11(19)13-7-5-12(6-8-13)10-18-16(20)9-14-3-2-4-15(14)17;/h5-8,11,14-15,19H,2-4,9-10,17H2,1H3,(H,18,20);1H/t11?,14-,15+;/m0./s1. The van der Waals surface area contributed by atoms with E-state index in [1.54, 1.807) is 6.92 Å². The van der Waals surface area contributed by atoms with Gasteiger partial charge in [0.15, 0.2) is 0 Å². The van der Waals surface area contributed by atoms with Crippen molar-refractivity contribution in [2.45, 2.75) is 51.3 Å². The van der Waals surface area contributed by atoms with Crippen molar-refractivity contribution in [3.05, 3.63) is 35.4 Å². The Kier molecular flexibility index (Phi) is 7.15. The number of aliphatic hydroxyl groups is 1. The fourth-order valence-corrected chi connectivity index (χ4v) is 2.74. The first-order chi connectivity index (χ1) is 9.56. The third-order valence-corrected chi connectivity index (χ3v) is 4.12. The van der Waals surface area contributed by atoms with Crippen LogP contribution in [0.1, 0.15) is 49.8 Å². The Balaban J connectivity index is 0.00000220. The van der Waals surface area contributed by atoms with Crippen molar-refractivity contribution in [2.75, 3.05) is 0 Å². The Morgan fingerprint density at radius 1 is 1.38 bits per heavy atom. The molecule has 1 unspecified atom stereocenters. The molecule has 0 saturated heterocycles. The minimum absolute atomic E-state index is 0. The third kappa shape index (κ3) is 5.30. The molecule has 1 aliphatic rings. The van der Waals surface area contributed by atoms with E-state index < -0.39 is 6.10 Å². The van der Waals surface area contributed by atoms with E-state index >= 15 is 0 Å². The van der Waals surface area contributed by atoms with Crippen LogP contribution in [0.5, 0.6) is 0 Å². The first-order valence-electron chi connectivity index (χ1n) is 7.35. The second-order valence-electron chi connectivity index (χ2n) is 5.75. The molecule has 0 radical (unpaired) electrons. The molecule has 4 nitrogen and oxygen atoms in total. The lowest BCUT2D eigenvalue weighted by atomic mass is 10.00. The van der Waals surface area contributed by atoms with Crippen LogP contribution in [0.3, 0.4) is 0 Å². The lowest BCUT2D eigenvalue weighted by Crippen LogP contribution is -2.31. The van der Waals surface area contributed by atoms with E-state index in [-0.39, 0.29) is 24.4 Å². The summed E-state index contributed by atoms with van der Waals surface area (Å²) in [6.07, 6.45) is 3.32. The van der Waals surface area contributed by atoms with Crippen LogP contribution in [0.4, 0.5) is 0 Å². The van der Waals surface area contributed by atoms with Gasteiger partial charge in [-0.2, -0.15) is 0 Å². The van der Waals surface area contributed by atoms with Crippen molar-refractivity contribution < 1.29 is 9.90 Å². The lowest BCUT2D eigenvalue weighted by molar-refractivity contribution is -0.122. The monoisotopic (exact) mass is 312 g/mol. The zero-order valence-corrected chi connectivity index (χ0v) is 13.2. The number of carbonyl (C=O) groups excluding carboxylic acids is 1. The molecule has 0 aromatic heterocycles. The van der Waals surface area contributed by atoms with Crippen LogP contribution >= 0.6 is 12.4 Å². The second-order valence-corrected chi connectivity index (χ2v) is 5.75. The molecule has 21 heavy (non-hydrogen) atoms. The molecule has 3 atom stereocenters. The Morgan fingerprint density at radius 2 is 2.05 bits per heavy atom. The number of halogens is 1. The molecule has 0 bridgehead atoms. The van der Waals surface area contributed by atoms with Gasteiger partial charge >= 0.3 is 0 Å². The Hall–Kier alpha value is -1.10. The zero-order valence-electron chi connectivity index (χ0n) is 12.4. The fraction of sp³-hybridized carbons (Fsp3) is 0.562. The highest BCUT2D eigenvalue weighted by Gasteiger charge is 2.25. The molecule has 4 N–H and O–H groups in total. The lowest BCUT2D eigenvalue weighted by Gasteiger charge is -2.15. The summed E-state index contributed by atoms with van der Waals surface area (Å²) < 4.78 is 0. The number of hydrogen-bond acceptors (Lipinski definition) is 3. The van der Waals surface area contributed by atoms with Gasteiger partial charge in [-0.1, -0.05) is 30.7 Å². The smallest absolute Gasteiger partial charge is 0.220 e. The Labute approximate surface area is 132 Å². The molecule has 0 heterocycles. The van der Waals surface area contributed by atoms with E-state index in [1.165, 1.54) is 0 Å². The maximum Gasteiger partial charge on any atom is 0.220 e. The number of aliphatic hydroxyl groups excluding tert-OH is 1. The van der Waals surface area contributed by atoms with Crippen LogP contribution in [-0.2, 0) is 11.3 Å². The number of rotatable bonds is 5. The predicted octanol–water partition coefficient (Wildman–Crippen LogP) is 2.30. The SMILES string of the molecule is CC(O)c1ccc(CNC(=O)C[C@@H]2CCC[C@H]2N)cc1.Cl. The van der Waals surface area contributed by atoms with Gasteiger partial charge in [0.25, 0.3) is 0 Å². The van der Waals surface area contributed by atoms with Gasteiger partial charge in [0.2, 0.25) is 5.91 Å². The van der Waals surface area contributed by atoms with Crippen LogP contribution < -0.4 is 11.1 Å². The van der Waals surface area contributed by atoms with Crippen LogP contribution in [-0.4, -0.2) is 17.1 Å². The summed E-state index contributed by atoms with van der Waals surface area (Å²) in [4.78, 5) is 11.9. The number of benzene rings is 1. The molecule has 0 aliphatic heterocycles. The van der Waals surface area contributed by atoms with Crippen molar-refractivity contribution >= 4 is 18.3 Å². The van der Waals surface area contributed by atoms with Gasteiger partial charge in [-0.3, -0.25) is 4.79 Å². The van der Waals surface area contributed by atoms with E-state index in [0.29, 0.717) is 18.9 Å². The molecular formula is C16H25ClN2O2. The molecule has 1 amide bonds. The van der Waals surface area contributed by atoms with Crippen molar-refractivity contribution in [3.63, 3.8) is 0 Å². The van der Waals surface area contributed by atoms with Gasteiger partial charge in [-0.15, -0.1) is 12.4 Å².